The lowest BCUT2D eigenvalue weighted by atomic mass is 10.2. The molecule has 1 fully saturated rings. The predicted octanol–water partition coefficient (Wildman–Crippen LogP) is 0.237. The summed E-state index contributed by atoms with van der Waals surface area (Å²) in [5.41, 5.74) is 0. The maximum absolute atomic E-state index is 11.4. The molecule has 3 N–H and O–H groups in total. The van der Waals surface area contributed by atoms with Gasteiger partial charge >= 0.3 is 6.03 Å². The standard InChI is InChI=1S/C12H23N3O3/c1-9(2)11(16)13-5-6-14-12(17)15-8-10-4-3-7-18-10/h9-10H,3-8H2,1-2H3,(H,13,16)(H2,14,15,17). The lowest BCUT2D eigenvalue weighted by molar-refractivity contribution is -0.123. The number of nitrogens with one attached hydrogen (secondary N) is 3. The van der Waals surface area contributed by atoms with Crippen LogP contribution in [0.5, 0.6) is 0 Å². The first-order valence-corrected chi connectivity index (χ1v) is 6.50. The maximum Gasteiger partial charge on any atom is 0.314 e. The van der Waals surface area contributed by atoms with E-state index in [1.54, 1.807) is 0 Å². The molecule has 1 aliphatic rings. The molecule has 0 aromatic heterocycles. The lowest BCUT2D eigenvalue weighted by Gasteiger charge is -2.12. The van der Waals surface area contributed by atoms with E-state index >= 15 is 0 Å². The van der Waals surface area contributed by atoms with E-state index in [1.165, 1.54) is 0 Å². The van der Waals surface area contributed by atoms with Crippen LogP contribution in [0.4, 0.5) is 4.79 Å². The minimum absolute atomic E-state index is 0.00318. The number of ether oxygens (including phenoxy) is 1. The summed E-state index contributed by atoms with van der Waals surface area (Å²) in [4.78, 5) is 22.6. The fourth-order valence-electron chi connectivity index (χ4n) is 1.64. The highest BCUT2D eigenvalue weighted by Gasteiger charge is 2.15. The van der Waals surface area contributed by atoms with Gasteiger partial charge in [-0.05, 0) is 12.8 Å². The Morgan fingerprint density at radius 3 is 2.56 bits per heavy atom. The van der Waals surface area contributed by atoms with Gasteiger partial charge in [-0.1, -0.05) is 13.8 Å². The fourth-order valence-corrected chi connectivity index (χ4v) is 1.64. The number of hydrogen-bond donors (Lipinski definition) is 3. The third-order valence-corrected chi connectivity index (χ3v) is 2.75. The quantitative estimate of drug-likeness (QED) is 0.596. The molecule has 1 unspecified atom stereocenters. The first kappa shape index (κ1) is 14.8. The Kier molecular flexibility index (Phi) is 6.49. The Morgan fingerprint density at radius 2 is 1.94 bits per heavy atom. The van der Waals surface area contributed by atoms with E-state index < -0.39 is 0 Å². The number of hydrogen-bond acceptors (Lipinski definition) is 3. The molecule has 1 saturated heterocycles. The van der Waals surface area contributed by atoms with Crippen LogP contribution in [0.1, 0.15) is 26.7 Å². The molecule has 0 saturated carbocycles. The molecule has 0 spiro atoms. The van der Waals surface area contributed by atoms with Gasteiger partial charge in [-0.15, -0.1) is 0 Å². The van der Waals surface area contributed by atoms with Gasteiger partial charge in [-0.3, -0.25) is 4.79 Å². The van der Waals surface area contributed by atoms with Crippen molar-refractivity contribution in [1.82, 2.24) is 16.0 Å². The van der Waals surface area contributed by atoms with E-state index in [0.717, 1.165) is 19.4 Å². The van der Waals surface area contributed by atoms with Crippen molar-refractivity contribution in [2.75, 3.05) is 26.2 Å². The number of carbonyl (C=O) groups excluding carboxylic acids is 2. The van der Waals surface area contributed by atoms with Crippen LogP contribution in [0.2, 0.25) is 0 Å². The molecular weight excluding hydrogens is 234 g/mol. The van der Waals surface area contributed by atoms with E-state index in [2.05, 4.69) is 16.0 Å². The highest BCUT2D eigenvalue weighted by molar-refractivity contribution is 5.78. The normalized spacial score (nSPS) is 18.7. The number of amides is 3. The van der Waals surface area contributed by atoms with Crippen LogP contribution in [0, 0.1) is 5.92 Å². The zero-order chi connectivity index (χ0) is 13.4. The lowest BCUT2D eigenvalue weighted by Crippen LogP contribution is -2.43. The third kappa shape index (κ3) is 5.86. The third-order valence-electron chi connectivity index (χ3n) is 2.75. The molecule has 6 nitrogen and oxygen atoms in total. The van der Waals surface area contributed by atoms with Crippen molar-refractivity contribution in [3.8, 4) is 0 Å². The first-order valence-electron chi connectivity index (χ1n) is 6.50. The molecule has 3 amide bonds. The summed E-state index contributed by atoms with van der Waals surface area (Å²) < 4.78 is 5.39. The molecule has 0 aromatic carbocycles. The highest BCUT2D eigenvalue weighted by atomic mass is 16.5. The van der Waals surface area contributed by atoms with Crippen molar-refractivity contribution in [3.63, 3.8) is 0 Å². The second-order valence-corrected chi connectivity index (χ2v) is 4.72. The molecule has 6 heteroatoms. The molecule has 0 aliphatic carbocycles. The Labute approximate surface area is 108 Å². The molecule has 18 heavy (non-hydrogen) atoms. The van der Waals surface area contributed by atoms with Crippen molar-refractivity contribution < 1.29 is 14.3 Å². The second kappa shape index (κ2) is 7.92. The molecule has 0 radical (unpaired) electrons. The second-order valence-electron chi connectivity index (χ2n) is 4.72. The molecule has 104 valence electrons. The van der Waals surface area contributed by atoms with Gasteiger partial charge in [0.05, 0.1) is 6.10 Å². The highest BCUT2D eigenvalue weighted by Crippen LogP contribution is 2.10. The smallest absolute Gasteiger partial charge is 0.314 e. The van der Waals surface area contributed by atoms with Crippen molar-refractivity contribution in [2.45, 2.75) is 32.8 Å². The van der Waals surface area contributed by atoms with Crippen molar-refractivity contribution in [2.24, 2.45) is 5.92 Å². The molecule has 0 bridgehead atoms. The summed E-state index contributed by atoms with van der Waals surface area (Å²) in [6.45, 7) is 5.87. The van der Waals surface area contributed by atoms with E-state index in [1.807, 2.05) is 13.8 Å². The number of urea groups is 1. The molecule has 0 aromatic rings. The zero-order valence-electron chi connectivity index (χ0n) is 11.1. The summed E-state index contributed by atoms with van der Waals surface area (Å²) in [5, 5.41) is 8.16. The molecule has 1 aliphatic heterocycles. The monoisotopic (exact) mass is 257 g/mol. The summed E-state index contributed by atoms with van der Waals surface area (Å²) in [6, 6.07) is -0.218. The van der Waals surface area contributed by atoms with Crippen LogP contribution in [-0.2, 0) is 9.53 Å². The minimum Gasteiger partial charge on any atom is -0.376 e. The summed E-state index contributed by atoms with van der Waals surface area (Å²) in [6.07, 6.45) is 2.22. The average Bonchev–Trinajstić information content (AvgIpc) is 2.84. The Balaban J connectivity index is 1.97. The summed E-state index contributed by atoms with van der Waals surface area (Å²) in [5.74, 6) is -0.0325. The van der Waals surface area contributed by atoms with Crippen LogP contribution < -0.4 is 16.0 Å². The van der Waals surface area contributed by atoms with Gasteiger partial charge < -0.3 is 20.7 Å². The van der Waals surface area contributed by atoms with Gasteiger partial charge in [0.1, 0.15) is 0 Å². The van der Waals surface area contributed by atoms with E-state index in [9.17, 15) is 9.59 Å². The van der Waals surface area contributed by atoms with Gasteiger partial charge in [-0.25, -0.2) is 4.79 Å². The predicted molar refractivity (Wildman–Crippen MR) is 68.2 cm³/mol. The van der Waals surface area contributed by atoms with E-state index in [4.69, 9.17) is 4.74 Å². The Hall–Kier alpha value is -1.30. The average molecular weight is 257 g/mol. The molecule has 1 heterocycles. The molecular formula is C12H23N3O3. The van der Waals surface area contributed by atoms with Crippen molar-refractivity contribution in [1.29, 1.82) is 0 Å². The maximum atomic E-state index is 11.4. The van der Waals surface area contributed by atoms with Crippen LogP contribution in [0.3, 0.4) is 0 Å². The van der Waals surface area contributed by atoms with Gasteiger partial charge in [0.2, 0.25) is 5.91 Å². The van der Waals surface area contributed by atoms with Gasteiger partial charge in [-0.2, -0.15) is 0 Å². The summed E-state index contributed by atoms with van der Waals surface area (Å²) >= 11 is 0. The zero-order valence-corrected chi connectivity index (χ0v) is 11.1. The summed E-state index contributed by atoms with van der Waals surface area (Å²) in [7, 11) is 0. The first-order chi connectivity index (χ1) is 8.59. The fraction of sp³-hybridized carbons (Fsp3) is 0.833. The van der Waals surface area contributed by atoms with Gasteiger partial charge in [0, 0.05) is 32.2 Å². The largest absolute Gasteiger partial charge is 0.376 e. The topological polar surface area (TPSA) is 79.5 Å². The van der Waals surface area contributed by atoms with Crippen LogP contribution in [0.15, 0.2) is 0 Å². The van der Waals surface area contributed by atoms with Gasteiger partial charge in [0.15, 0.2) is 0 Å². The van der Waals surface area contributed by atoms with Gasteiger partial charge in [0.25, 0.3) is 0 Å². The Morgan fingerprint density at radius 1 is 1.22 bits per heavy atom. The SMILES string of the molecule is CC(C)C(=O)NCCNC(=O)NCC1CCCO1. The van der Waals surface area contributed by atoms with Crippen molar-refractivity contribution in [3.05, 3.63) is 0 Å². The van der Waals surface area contributed by atoms with Crippen molar-refractivity contribution >= 4 is 11.9 Å². The number of rotatable bonds is 6. The number of carbonyl (C=O) groups is 2. The van der Waals surface area contributed by atoms with E-state index in [-0.39, 0.29) is 24.0 Å². The van der Waals surface area contributed by atoms with Crippen LogP contribution in [0.25, 0.3) is 0 Å². The minimum atomic E-state index is -0.218. The van der Waals surface area contributed by atoms with Crippen LogP contribution >= 0.6 is 0 Å². The Bertz CT molecular complexity index is 276. The van der Waals surface area contributed by atoms with Crippen LogP contribution in [-0.4, -0.2) is 44.3 Å². The molecule has 1 atom stereocenters. The molecule has 1 rings (SSSR count). The van der Waals surface area contributed by atoms with E-state index in [0.29, 0.717) is 19.6 Å².